The minimum absolute atomic E-state index is 0.161. The van der Waals surface area contributed by atoms with Crippen LogP contribution in [0.1, 0.15) is 100 Å². The van der Waals surface area contributed by atoms with E-state index >= 15 is 0 Å². The number of unbranched alkanes of at least 4 members (excludes halogenated alkanes) is 5. The van der Waals surface area contributed by atoms with Crippen LogP contribution in [-0.2, 0) is 20.9 Å². The number of carbonyl (C=O) groups excluding carboxylic acids is 1. The van der Waals surface area contributed by atoms with E-state index in [1.807, 2.05) is 79.7 Å². The minimum Gasteiger partial charge on any atom is -0.497 e. The summed E-state index contributed by atoms with van der Waals surface area (Å²) in [4.78, 5) is 15.0. The molecule has 6 rings (SSSR count). The number of carbonyl (C=O) groups is 1. The van der Waals surface area contributed by atoms with E-state index in [0.29, 0.717) is 5.75 Å². The average Bonchev–Trinajstić information content (AvgIpc) is 3.26. The Balaban J connectivity index is 0.000000269. The third-order valence-electron chi connectivity index (χ3n) is 12.8. The molecule has 0 fully saturated rings. The second-order valence-corrected chi connectivity index (χ2v) is 24.7. The zero-order valence-corrected chi connectivity index (χ0v) is 40.8. The molecule has 10 heteroatoms. The molecule has 4 aromatic carbocycles. The van der Waals surface area contributed by atoms with E-state index in [1.54, 1.807) is 52.0 Å². The summed E-state index contributed by atoms with van der Waals surface area (Å²) in [5.41, 5.74) is 1.29. The SMILES string of the molecule is COc1ccc(C2(C)CSc3cc(OC)ccc3C2(O)C#CCCCCCCCO[Si](C)(C)C(C)(C)C)cc1.COc1ccc(C2(C)CSc3cc(OC)ccc3C2=O)cc1. The number of ketones is 1. The quantitative estimate of drug-likeness (QED) is 0.0756. The third kappa shape index (κ3) is 10.9. The highest BCUT2D eigenvalue weighted by Crippen LogP contribution is 2.53. The molecule has 0 saturated heterocycles. The number of thioether (sulfide) groups is 2. The second kappa shape index (κ2) is 20.6. The average molecular weight is 883 g/mol. The van der Waals surface area contributed by atoms with Crippen molar-refractivity contribution >= 4 is 37.6 Å². The van der Waals surface area contributed by atoms with Crippen LogP contribution < -0.4 is 18.9 Å². The van der Waals surface area contributed by atoms with Crippen molar-refractivity contribution in [2.75, 3.05) is 46.6 Å². The number of methoxy groups -OCH3 is 4. The smallest absolute Gasteiger partial charge is 0.191 e. The first-order chi connectivity index (χ1) is 29.0. The van der Waals surface area contributed by atoms with Crippen molar-refractivity contribution in [2.45, 2.75) is 117 Å². The van der Waals surface area contributed by atoms with Crippen molar-refractivity contribution in [1.82, 2.24) is 0 Å². The maximum Gasteiger partial charge on any atom is 0.191 e. The first-order valence-electron chi connectivity index (χ1n) is 21.3. The fourth-order valence-corrected chi connectivity index (χ4v) is 11.1. The Labute approximate surface area is 375 Å². The van der Waals surface area contributed by atoms with Gasteiger partial charge in [0.05, 0.1) is 33.9 Å². The lowest BCUT2D eigenvalue weighted by Crippen LogP contribution is -2.50. The molecule has 0 radical (unpaired) electrons. The van der Waals surface area contributed by atoms with Gasteiger partial charge in [-0.1, -0.05) is 89.1 Å². The minimum atomic E-state index is -1.64. The Hall–Kier alpha value is -3.85. The maximum absolute atomic E-state index is 13.0. The lowest BCUT2D eigenvalue weighted by Gasteiger charge is -2.46. The van der Waals surface area contributed by atoms with E-state index < -0.39 is 24.7 Å². The van der Waals surface area contributed by atoms with E-state index in [2.05, 4.69) is 64.8 Å². The molecule has 0 aromatic heterocycles. The fourth-order valence-electron chi connectivity index (χ4n) is 7.40. The molecule has 0 spiro atoms. The first-order valence-corrected chi connectivity index (χ1v) is 26.2. The molecule has 0 aliphatic carbocycles. The van der Waals surface area contributed by atoms with Crippen LogP contribution in [0, 0.1) is 11.8 Å². The molecule has 3 atom stereocenters. The first kappa shape index (κ1) is 48.2. The number of ether oxygens (including phenoxy) is 4. The van der Waals surface area contributed by atoms with Gasteiger partial charge in [0.15, 0.2) is 19.7 Å². The highest BCUT2D eigenvalue weighted by atomic mass is 32.2. The predicted octanol–water partition coefficient (Wildman–Crippen LogP) is 12.3. The lowest BCUT2D eigenvalue weighted by atomic mass is 9.66. The van der Waals surface area contributed by atoms with Gasteiger partial charge in [-0.25, -0.2) is 0 Å². The van der Waals surface area contributed by atoms with Gasteiger partial charge >= 0.3 is 0 Å². The van der Waals surface area contributed by atoms with Crippen molar-refractivity contribution in [3.8, 4) is 34.8 Å². The number of benzene rings is 4. The number of hydrogen-bond acceptors (Lipinski definition) is 9. The zero-order valence-electron chi connectivity index (χ0n) is 38.2. The molecule has 2 aliphatic heterocycles. The standard InChI is InChI=1S/C33H48O4SSi.C18H18O3S/c1-31(2,3)39(7,8)37-23-15-13-11-9-10-12-14-22-33(34)29-21-20-28(36-6)24-30(29)38-25-32(33,4)26-16-18-27(35-5)19-17-26;1-18(12-4-6-13(20-2)7-5-12)11-22-16-10-14(21-3)8-9-15(16)17(18)19/h16-21,24,34H,9-13,15,23,25H2,1-8H3;4-10H,11H2,1-3H3. The van der Waals surface area contributed by atoms with Gasteiger partial charge in [-0.15, -0.1) is 23.5 Å². The van der Waals surface area contributed by atoms with E-state index in [1.165, 1.54) is 12.8 Å². The Morgan fingerprint density at radius 3 is 1.77 bits per heavy atom. The molecule has 0 amide bonds. The summed E-state index contributed by atoms with van der Waals surface area (Å²) in [6.07, 6.45) is 6.46. The number of Topliss-reactive ketones (excluding diaryl/α,β-unsaturated/α-hetero) is 1. The molecule has 0 saturated carbocycles. The molecule has 4 aromatic rings. The van der Waals surface area contributed by atoms with Gasteiger partial charge in [0.1, 0.15) is 23.0 Å². The Morgan fingerprint density at radius 2 is 1.18 bits per heavy atom. The topological polar surface area (TPSA) is 83.5 Å². The van der Waals surface area contributed by atoms with Crippen LogP contribution in [0.3, 0.4) is 0 Å². The van der Waals surface area contributed by atoms with E-state index in [0.717, 1.165) is 93.1 Å². The van der Waals surface area contributed by atoms with Crippen molar-refractivity contribution in [3.05, 3.63) is 107 Å². The number of hydrogen-bond donors (Lipinski definition) is 1. The van der Waals surface area contributed by atoms with Gasteiger partial charge in [-0.3, -0.25) is 4.79 Å². The molecule has 3 unspecified atom stereocenters. The number of aliphatic hydroxyl groups is 1. The summed E-state index contributed by atoms with van der Waals surface area (Å²) in [5.74, 6) is 11.5. The monoisotopic (exact) mass is 882 g/mol. The second-order valence-electron chi connectivity index (χ2n) is 17.9. The van der Waals surface area contributed by atoms with Crippen molar-refractivity contribution < 1.29 is 33.3 Å². The highest BCUT2D eigenvalue weighted by molar-refractivity contribution is 7.99. The van der Waals surface area contributed by atoms with Crippen molar-refractivity contribution in [1.29, 1.82) is 0 Å². The summed E-state index contributed by atoms with van der Waals surface area (Å²) in [5, 5.41) is 12.6. The van der Waals surface area contributed by atoms with Crippen LogP contribution in [0.5, 0.6) is 23.0 Å². The van der Waals surface area contributed by atoms with Crippen LogP contribution in [0.25, 0.3) is 0 Å². The molecule has 1 N–H and O–H groups in total. The third-order valence-corrected chi connectivity index (χ3v) is 20.1. The van der Waals surface area contributed by atoms with E-state index in [-0.39, 0.29) is 10.8 Å². The van der Waals surface area contributed by atoms with Gasteiger partial charge in [0, 0.05) is 50.9 Å². The van der Waals surface area contributed by atoms with Gasteiger partial charge < -0.3 is 28.5 Å². The molecule has 328 valence electrons. The largest absolute Gasteiger partial charge is 0.497 e. The van der Waals surface area contributed by atoms with Crippen LogP contribution >= 0.6 is 23.5 Å². The van der Waals surface area contributed by atoms with Gasteiger partial charge in [-0.2, -0.15) is 0 Å². The van der Waals surface area contributed by atoms with E-state index in [4.69, 9.17) is 23.4 Å². The summed E-state index contributed by atoms with van der Waals surface area (Å²) in [6, 6.07) is 27.3. The van der Waals surface area contributed by atoms with Gasteiger partial charge in [0.2, 0.25) is 0 Å². The molecule has 2 heterocycles. The van der Waals surface area contributed by atoms with Crippen molar-refractivity contribution in [3.63, 3.8) is 0 Å². The Morgan fingerprint density at radius 1 is 0.672 bits per heavy atom. The van der Waals surface area contributed by atoms with Crippen LogP contribution in [0.4, 0.5) is 0 Å². The van der Waals surface area contributed by atoms with Crippen LogP contribution in [-0.4, -0.2) is 65.8 Å². The van der Waals surface area contributed by atoms with Crippen LogP contribution in [0.2, 0.25) is 18.1 Å². The Kier molecular flexibility index (Phi) is 16.2. The molecule has 0 bridgehead atoms. The van der Waals surface area contributed by atoms with Gasteiger partial charge in [0.25, 0.3) is 0 Å². The molecular weight excluding hydrogens is 817 g/mol. The zero-order chi connectivity index (χ0) is 44.5. The molecule has 61 heavy (non-hydrogen) atoms. The fraction of sp³-hybridized carbons (Fsp3) is 0.471. The summed E-state index contributed by atoms with van der Waals surface area (Å²) >= 11 is 3.45. The molecule has 2 aliphatic rings. The molecule has 7 nitrogen and oxygen atoms in total. The summed E-state index contributed by atoms with van der Waals surface area (Å²) in [6.45, 7) is 16.5. The summed E-state index contributed by atoms with van der Waals surface area (Å²) in [7, 11) is 4.97. The highest BCUT2D eigenvalue weighted by Gasteiger charge is 2.52. The predicted molar refractivity (Wildman–Crippen MR) is 255 cm³/mol. The number of fused-ring (bicyclic) bond motifs is 2. The van der Waals surface area contributed by atoms with Crippen molar-refractivity contribution in [2.24, 2.45) is 0 Å². The lowest BCUT2D eigenvalue weighted by molar-refractivity contribution is 0.0234. The number of rotatable bonds is 14. The normalized spacial score (nSPS) is 20.8. The Bertz CT molecular complexity index is 2150. The summed E-state index contributed by atoms with van der Waals surface area (Å²) < 4.78 is 27.6. The van der Waals surface area contributed by atoms with Gasteiger partial charge in [-0.05, 0) is 104 Å². The van der Waals surface area contributed by atoms with Crippen LogP contribution in [0.15, 0.2) is 94.7 Å². The molecular formula is C51H66O7S2Si. The maximum atomic E-state index is 13.0. The van der Waals surface area contributed by atoms with E-state index in [9.17, 15) is 9.90 Å².